The third-order valence-electron chi connectivity index (χ3n) is 3.54. The minimum absolute atomic E-state index is 0.125. The molecule has 0 atom stereocenters. The number of benzene rings is 2. The molecular weight excluding hydrogens is 392 g/mol. The van der Waals surface area contributed by atoms with Gasteiger partial charge in [-0.2, -0.15) is 5.10 Å². The van der Waals surface area contributed by atoms with Crippen molar-refractivity contribution in [1.82, 2.24) is 9.78 Å². The van der Waals surface area contributed by atoms with Crippen molar-refractivity contribution in [2.24, 2.45) is 0 Å². The van der Waals surface area contributed by atoms with Gasteiger partial charge in [0.25, 0.3) is 5.91 Å². The van der Waals surface area contributed by atoms with Gasteiger partial charge in [0, 0.05) is 12.3 Å². The fourth-order valence-electron chi connectivity index (χ4n) is 2.36. The SMILES string of the molecule is CC(C)Oc1ccc(F)cc1NC(=O)c1ccn(-c2ccc(Cl)c(Cl)c2)n1. The average molecular weight is 408 g/mol. The first kappa shape index (κ1) is 19.2. The minimum atomic E-state index is -0.493. The highest BCUT2D eigenvalue weighted by molar-refractivity contribution is 6.42. The molecule has 3 aromatic rings. The molecule has 27 heavy (non-hydrogen) atoms. The second-order valence-electron chi connectivity index (χ2n) is 6.01. The molecule has 1 amide bonds. The molecule has 0 unspecified atom stereocenters. The standard InChI is InChI=1S/C19H16Cl2FN3O2/c1-11(2)27-18-6-3-12(22)9-17(18)23-19(26)16-7-8-25(24-16)13-4-5-14(20)15(21)10-13/h3-11H,1-2H3,(H,23,26). The topological polar surface area (TPSA) is 56.1 Å². The first-order chi connectivity index (χ1) is 12.8. The van der Waals surface area contributed by atoms with E-state index in [2.05, 4.69) is 10.4 Å². The van der Waals surface area contributed by atoms with Gasteiger partial charge in [-0.1, -0.05) is 23.2 Å². The lowest BCUT2D eigenvalue weighted by Crippen LogP contribution is -2.15. The number of carbonyl (C=O) groups excluding carboxylic acids is 1. The average Bonchev–Trinajstić information content (AvgIpc) is 3.09. The van der Waals surface area contributed by atoms with E-state index < -0.39 is 11.7 Å². The van der Waals surface area contributed by atoms with E-state index in [1.165, 1.54) is 22.9 Å². The van der Waals surface area contributed by atoms with Crippen LogP contribution in [0.4, 0.5) is 10.1 Å². The molecule has 0 bridgehead atoms. The summed E-state index contributed by atoms with van der Waals surface area (Å²) in [6, 6.07) is 10.5. The predicted octanol–water partition coefficient (Wildman–Crippen LogP) is 5.36. The zero-order chi connectivity index (χ0) is 19.6. The van der Waals surface area contributed by atoms with Crippen LogP contribution in [0.1, 0.15) is 24.3 Å². The monoisotopic (exact) mass is 407 g/mol. The molecule has 0 aliphatic carbocycles. The Kier molecular flexibility index (Phi) is 5.68. The van der Waals surface area contributed by atoms with Crippen LogP contribution in [0.25, 0.3) is 5.69 Å². The summed E-state index contributed by atoms with van der Waals surface area (Å²) < 4.78 is 20.7. The summed E-state index contributed by atoms with van der Waals surface area (Å²) in [6.45, 7) is 3.68. The Labute approximate surface area is 165 Å². The van der Waals surface area contributed by atoms with Crippen molar-refractivity contribution in [2.45, 2.75) is 20.0 Å². The number of nitrogens with zero attached hydrogens (tertiary/aromatic N) is 2. The zero-order valence-corrected chi connectivity index (χ0v) is 16.1. The molecule has 2 aromatic carbocycles. The first-order valence-corrected chi connectivity index (χ1v) is 8.88. The molecule has 1 aromatic heterocycles. The van der Waals surface area contributed by atoms with E-state index in [1.807, 2.05) is 13.8 Å². The molecule has 0 saturated heterocycles. The van der Waals surface area contributed by atoms with Gasteiger partial charge in [0.2, 0.25) is 0 Å². The molecule has 140 valence electrons. The normalized spacial score (nSPS) is 10.9. The highest BCUT2D eigenvalue weighted by atomic mass is 35.5. The van der Waals surface area contributed by atoms with Crippen LogP contribution in [-0.4, -0.2) is 21.8 Å². The Balaban J connectivity index is 1.82. The van der Waals surface area contributed by atoms with Crippen molar-refractivity contribution in [3.05, 3.63) is 70.2 Å². The van der Waals surface area contributed by atoms with Crippen molar-refractivity contribution in [3.63, 3.8) is 0 Å². The summed E-state index contributed by atoms with van der Waals surface area (Å²) >= 11 is 11.9. The van der Waals surface area contributed by atoms with Gasteiger partial charge in [0.05, 0.1) is 27.5 Å². The van der Waals surface area contributed by atoms with E-state index in [1.54, 1.807) is 30.5 Å². The third kappa shape index (κ3) is 4.59. The van der Waals surface area contributed by atoms with Crippen LogP contribution in [0.5, 0.6) is 5.75 Å². The number of halogens is 3. The lowest BCUT2D eigenvalue weighted by molar-refractivity contribution is 0.102. The number of nitrogens with one attached hydrogen (secondary N) is 1. The second kappa shape index (κ2) is 7.98. The zero-order valence-electron chi connectivity index (χ0n) is 14.5. The molecule has 0 fully saturated rings. The molecule has 0 spiro atoms. The molecule has 0 aliphatic heterocycles. The first-order valence-electron chi connectivity index (χ1n) is 8.12. The Morgan fingerprint density at radius 2 is 1.93 bits per heavy atom. The molecule has 0 aliphatic rings. The number of ether oxygens (including phenoxy) is 1. The number of amides is 1. The highest BCUT2D eigenvalue weighted by Gasteiger charge is 2.15. The van der Waals surface area contributed by atoms with Crippen molar-refractivity contribution in [3.8, 4) is 11.4 Å². The largest absolute Gasteiger partial charge is 0.489 e. The van der Waals surface area contributed by atoms with Gasteiger partial charge in [-0.3, -0.25) is 4.79 Å². The van der Waals surface area contributed by atoms with Crippen LogP contribution in [0.2, 0.25) is 10.0 Å². The van der Waals surface area contributed by atoms with E-state index in [4.69, 9.17) is 27.9 Å². The lowest BCUT2D eigenvalue weighted by Gasteiger charge is -2.14. The van der Waals surface area contributed by atoms with Gasteiger partial charge in [-0.25, -0.2) is 9.07 Å². The number of aromatic nitrogens is 2. The smallest absolute Gasteiger partial charge is 0.276 e. The van der Waals surface area contributed by atoms with Gasteiger partial charge in [-0.15, -0.1) is 0 Å². The number of rotatable bonds is 5. The maximum atomic E-state index is 13.6. The quantitative estimate of drug-likeness (QED) is 0.619. The van der Waals surface area contributed by atoms with Crippen LogP contribution < -0.4 is 10.1 Å². The van der Waals surface area contributed by atoms with Crippen molar-refractivity contribution >= 4 is 34.8 Å². The second-order valence-corrected chi connectivity index (χ2v) is 6.82. The fraction of sp³-hybridized carbons (Fsp3) is 0.158. The molecule has 1 N–H and O–H groups in total. The molecule has 3 rings (SSSR count). The molecule has 0 radical (unpaired) electrons. The molecule has 1 heterocycles. The summed E-state index contributed by atoms with van der Waals surface area (Å²) in [6.07, 6.45) is 1.49. The Morgan fingerprint density at radius 3 is 2.63 bits per heavy atom. The summed E-state index contributed by atoms with van der Waals surface area (Å²) in [5.41, 5.74) is 1.04. The van der Waals surface area contributed by atoms with Crippen molar-refractivity contribution in [1.29, 1.82) is 0 Å². The Bertz CT molecular complexity index is 989. The lowest BCUT2D eigenvalue weighted by atomic mass is 10.2. The Morgan fingerprint density at radius 1 is 1.15 bits per heavy atom. The van der Waals surface area contributed by atoms with Gasteiger partial charge in [0.15, 0.2) is 5.69 Å². The summed E-state index contributed by atoms with van der Waals surface area (Å²) in [5.74, 6) is -0.598. The summed E-state index contributed by atoms with van der Waals surface area (Å²) in [4.78, 5) is 12.5. The van der Waals surface area contributed by atoms with Crippen LogP contribution in [-0.2, 0) is 0 Å². The van der Waals surface area contributed by atoms with E-state index in [0.717, 1.165) is 0 Å². The molecular formula is C19H16Cl2FN3O2. The highest BCUT2D eigenvalue weighted by Crippen LogP contribution is 2.27. The van der Waals surface area contributed by atoms with Gasteiger partial charge >= 0.3 is 0 Å². The number of hydrogen-bond donors (Lipinski definition) is 1. The number of carbonyl (C=O) groups is 1. The molecule has 0 saturated carbocycles. The predicted molar refractivity (Wildman–Crippen MR) is 104 cm³/mol. The van der Waals surface area contributed by atoms with Crippen LogP contribution >= 0.6 is 23.2 Å². The van der Waals surface area contributed by atoms with Crippen LogP contribution in [0.3, 0.4) is 0 Å². The number of anilines is 1. The Hall–Kier alpha value is -2.57. The van der Waals surface area contributed by atoms with Crippen molar-refractivity contribution < 1.29 is 13.9 Å². The van der Waals surface area contributed by atoms with Crippen LogP contribution in [0, 0.1) is 5.82 Å². The van der Waals surface area contributed by atoms with Crippen molar-refractivity contribution in [2.75, 3.05) is 5.32 Å². The maximum absolute atomic E-state index is 13.6. The van der Waals surface area contributed by atoms with E-state index >= 15 is 0 Å². The van der Waals surface area contributed by atoms with E-state index in [-0.39, 0.29) is 17.5 Å². The van der Waals surface area contributed by atoms with Gasteiger partial charge in [-0.05, 0) is 50.2 Å². The summed E-state index contributed by atoms with van der Waals surface area (Å²) in [7, 11) is 0. The van der Waals surface area contributed by atoms with Crippen LogP contribution in [0.15, 0.2) is 48.7 Å². The van der Waals surface area contributed by atoms with Gasteiger partial charge < -0.3 is 10.1 Å². The maximum Gasteiger partial charge on any atom is 0.276 e. The van der Waals surface area contributed by atoms with Gasteiger partial charge in [0.1, 0.15) is 11.6 Å². The molecule has 8 heteroatoms. The number of hydrogen-bond acceptors (Lipinski definition) is 3. The minimum Gasteiger partial charge on any atom is -0.489 e. The fourth-order valence-corrected chi connectivity index (χ4v) is 2.65. The third-order valence-corrected chi connectivity index (χ3v) is 4.28. The van der Waals surface area contributed by atoms with E-state index in [0.29, 0.717) is 21.5 Å². The summed E-state index contributed by atoms with van der Waals surface area (Å²) in [5, 5.41) is 7.67. The molecule has 5 nitrogen and oxygen atoms in total. The van der Waals surface area contributed by atoms with E-state index in [9.17, 15) is 9.18 Å².